The van der Waals surface area contributed by atoms with Crippen LogP contribution in [0.2, 0.25) is 0 Å². The van der Waals surface area contributed by atoms with Crippen molar-refractivity contribution in [3.8, 4) is 11.4 Å². The molecular weight excluding hydrogens is 633 g/mol. The molecule has 11 rings (SSSR count). The van der Waals surface area contributed by atoms with Gasteiger partial charge >= 0.3 is 0 Å². The van der Waals surface area contributed by atoms with E-state index in [1.165, 1.54) is 66.3 Å². The summed E-state index contributed by atoms with van der Waals surface area (Å²) >= 11 is 0. The number of fused-ring (bicyclic) bond motifs is 16. The lowest BCUT2D eigenvalue weighted by Crippen LogP contribution is -2.06. The first-order valence-electron chi connectivity index (χ1n) is 17.6. The summed E-state index contributed by atoms with van der Waals surface area (Å²) in [4.78, 5) is 0. The third kappa shape index (κ3) is 3.70. The summed E-state index contributed by atoms with van der Waals surface area (Å²) in [6.07, 6.45) is 2.81. The highest BCUT2D eigenvalue weighted by molar-refractivity contribution is 6.33. The van der Waals surface area contributed by atoms with E-state index in [2.05, 4.69) is 167 Å². The number of nitrogens with one attached hydrogen (secondary N) is 2. The first kappa shape index (κ1) is 28.8. The lowest BCUT2D eigenvalue weighted by molar-refractivity contribution is 1.13. The van der Waals surface area contributed by atoms with Crippen LogP contribution in [0.3, 0.4) is 0 Å². The fraction of sp³-hybridized carbons (Fsp3) is 0. The Balaban J connectivity index is 1.36. The Hall–Kier alpha value is -7.04. The van der Waals surface area contributed by atoms with Gasteiger partial charge in [0, 0.05) is 61.6 Å². The van der Waals surface area contributed by atoms with Gasteiger partial charge in [-0.25, -0.2) is 0 Å². The van der Waals surface area contributed by atoms with Gasteiger partial charge in [-0.2, -0.15) is 0 Å². The van der Waals surface area contributed by atoms with E-state index in [4.69, 9.17) is 10.8 Å². The average Bonchev–Trinajstić information content (AvgIpc) is 3.75. The van der Waals surface area contributed by atoms with Gasteiger partial charge in [-0.1, -0.05) is 133 Å². The summed E-state index contributed by atoms with van der Waals surface area (Å²) in [6.45, 7) is 0. The second-order valence-electron chi connectivity index (χ2n) is 13.6. The van der Waals surface area contributed by atoms with Gasteiger partial charge in [0.1, 0.15) is 0 Å². The van der Waals surface area contributed by atoms with Crippen molar-refractivity contribution in [1.82, 2.24) is 9.13 Å². The molecule has 0 aliphatic rings. The van der Waals surface area contributed by atoms with Crippen molar-refractivity contribution in [2.45, 2.75) is 0 Å². The van der Waals surface area contributed by atoms with Crippen LogP contribution in [-0.4, -0.2) is 21.6 Å². The molecule has 4 nitrogen and oxygen atoms in total. The Morgan fingerprint density at radius 1 is 0.365 bits per heavy atom. The summed E-state index contributed by atoms with van der Waals surface area (Å²) in [5, 5.41) is 31.9. The number of nitrogens with zero attached hydrogens (tertiary/aromatic N) is 2. The van der Waals surface area contributed by atoms with Crippen LogP contribution in [0.15, 0.2) is 158 Å². The molecule has 0 amide bonds. The number of para-hydroxylation sites is 2. The Kier molecular flexibility index (Phi) is 5.93. The summed E-state index contributed by atoms with van der Waals surface area (Å²) in [5.41, 5.74) is 7.61. The van der Waals surface area contributed by atoms with Crippen LogP contribution in [0.5, 0.6) is 0 Å². The van der Waals surface area contributed by atoms with Crippen molar-refractivity contribution in [3.05, 3.63) is 169 Å². The molecule has 2 heterocycles. The zero-order valence-electron chi connectivity index (χ0n) is 28.1. The SMILES string of the molecule is N=Cc1cc(-n2c3ccccc3c3c4ccccc4c4ccccc4c32)cc(-n2c3ccccc3c3c4ccccc4c4ccccc4c32)c1C=N. The molecular formula is C48H30N4. The van der Waals surface area contributed by atoms with E-state index in [-0.39, 0.29) is 0 Å². The van der Waals surface area contributed by atoms with Crippen LogP contribution in [-0.2, 0) is 0 Å². The fourth-order valence-corrected chi connectivity index (χ4v) is 9.01. The van der Waals surface area contributed by atoms with Gasteiger partial charge in [0.15, 0.2) is 0 Å². The van der Waals surface area contributed by atoms with Gasteiger partial charge in [-0.05, 0) is 56.6 Å². The van der Waals surface area contributed by atoms with E-state index in [0.717, 1.165) is 44.2 Å². The molecule has 11 aromatic rings. The van der Waals surface area contributed by atoms with Crippen molar-refractivity contribution in [2.75, 3.05) is 0 Å². The van der Waals surface area contributed by atoms with Crippen LogP contribution in [0.25, 0.3) is 98.1 Å². The van der Waals surface area contributed by atoms with Crippen molar-refractivity contribution in [2.24, 2.45) is 0 Å². The Morgan fingerprint density at radius 2 is 0.750 bits per heavy atom. The number of benzene rings is 9. The number of hydrogen-bond acceptors (Lipinski definition) is 2. The molecule has 2 N–H and O–H groups in total. The molecule has 9 aromatic carbocycles. The normalized spacial score (nSPS) is 12.0. The maximum Gasteiger partial charge on any atom is 0.0626 e. The number of rotatable bonds is 4. The third-order valence-electron chi connectivity index (χ3n) is 11.1. The molecule has 4 heteroatoms. The van der Waals surface area contributed by atoms with Crippen molar-refractivity contribution < 1.29 is 0 Å². The minimum absolute atomic E-state index is 0.689. The van der Waals surface area contributed by atoms with Crippen molar-refractivity contribution >= 4 is 99.1 Å². The molecule has 0 bridgehead atoms. The van der Waals surface area contributed by atoms with Gasteiger partial charge < -0.3 is 20.0 Å². The molecule has 0 aliphatic carbocycles. The first-order chi connectivity index (χ1) is 25.8. The third-order valence-corrected chi connectivity index (χ3v) is 11.1. The molecule has 2 aromatic heterocycles. The highest BCUT2D eigenvalue weighted by atomic mass is 15.0. The predicted molar refractivity (Wildman–Crippen MR) is 221 cm³/mol. The molecule has 0 saturated carbocycles. The van der Waals surface area contributed by atoms with E-state index in [9.17, 15) is 0 Å². The van der Waals surface area contributed by atoms with Gasteiger partial charge in [0.05, 0.1) is 27.8 Å². The van der Waals surface area contributed by atoms with Crippen LogP contribution in [0.1, 0.15) is 11.1 Å². The number of hydrogen-bond donors (Lipinski definition) is 2. The average molecular weight is 663 g/mol. The van der Waals surface area contributed by atoms with E-state index in [1.807, 2.05) is 0 Å². The Bertz CT molecular complexity index is 3340. The number of aromatic nitrogens is 2. The maximum absolute atomic E-state index is 8.80. The topological polar surface area (TPSA) is 57.6 Å². The van der Waals surface area contributed by atoms with Gasteiger partial charge in [-0.15, -0.1) is 0 Å². The molecule has 0 radical (unpaired) electrons. The van der Waals surface area contributed by atoms with E-state index >= 15 is 0 Å². The van der Waals surface area contributed by atoms with Crippen molar-refractivity contribution in [1.29, 1.82) is 10.8 Å². The molecule has 0 unspecified atom stereocenters. The summed E-state index contributed by atoms with van der Waals surface area (Å²) in [6, 6.07) is 56.3. The zero-order valence-corrected chi connectivity index (χ0v) is 28.1. The van der Waals surface area contributed by atoms with Gasteiger partial charge in [0.2, 0.25) is 0 Å². The molecule has 0 atom stereocenters. The minimum Gasteiger partial charge on any atom is -0.308 e. The van der Waals surface area contributed by atoms with E-state index < -0.39 is 0 Å². The maximum atomic E-state index is 8.80. The van der Waals surface area contributed by atoms with Crippen LogP contribution in [0, 0.1) is 10.8 Å². The molecule has 0 spiro atoms. The lowest BCUT2D eigenvalue weighted by Gasteiger charge is -2.19. The highest BCUT2D eigenvalue weighted by Gasteiger charge is 2.24. The fourth-order valence-electron chi connectivity index (χ4n) is 9.01. The van der Waals surface area contributed by atoms with E-state index in [0.29, 0.717) is 11.1 Å². The van der Waals surface area contributed by atoms with Crippen molar-refractivity contribution in [3.63, 3.8) is 0 Å². The lowest BCUT2D eigenvalue weighted by atomic mass is 9.96. The highest BCUT2D eigenvalue weighted by Crippen LogP contribution is 2.45. The molecule has 0 aliphatic heterocycles. The minimum atomic E-state index is 0.689. The summed E-state index contributed by atoms with van der Waals surface area (Å²) < 4.78 is 4.72. The summed E-state index contributed by atoms with van der Waals surface area (Å²) in [5.74, 6) is 0. The van der Waals surface area contributed by atoms with Crippen LogP contribution < -0.4 is 0 Å². The van der Waals surface area contributed by atoms with E-state index in [1.54, 1.807) is 0 Å². The Labute approximate surface area is 298 Å². The monoisotopic (exact) mass is 662 g/mol. The zero-order chi connectivity index (χ0) is 34.5. The summed E-state index contributed by atoms with van der Waals surface area (Å²) in [7, 11) is 0. The smallest absolute Gasteiger partial charge is 0.0626 e. The second kappa shape index (κ2) is 10.7. The molecule has 0 saturated heterocycles. The molecule has 52 heavy (non-hydrogen) atoms. The quantitative estimate of drug-likeness (QED) is 0.139. The van der Waals surface area contributed by atoms with Gasteiger partial charge in [-0.3, -0.25) is 0 Å². The molecule has 0 fully saturated rings. The second-order valence-corrected chi connectivity index (χ2v) is 13.6. The first-order valence-corrected chi connectivity index (χ1v) is 17.6. The van der Waals surface area contributed by atoms with Crippen LogP contribution in [0.4, 0.5) is 0 Å². The Morgan fingerprint density at radius 3 is 1.23 bits per heavy atom. The standard InChI is InChI=1S/C48H30N4/c49-27-29-25-30(51-42-23-11-9-21-39(42)45-35-17-5-1-13-31(35)33-15-3-7-19-37(33)47(45)51)26-44(41(29)28-50)52-43-24-12-10-22-40(43)46-36-18-6-2-14-32(36)34-16-4-8-20-38(34)48(46)52/h1-28,49-50H. The largest absolute Gasteiger partial charge is 0.308 e. The van der Waals surface area contributed by atoms with Gasteiger partial charge in [0.25, 0.3) is 0 Å². The predicted octanol–water partition coefficient (Wildman–Crippen LogP) is 12.5. The molecule has 242 valence electrons. The van der Waals surface area contributed by atoms with Crippen LogP contribution >= 0.6 is 0 Å².